The fourth-order valence-corrected chi connectivity index (χ4v) is 5.63. The predicted molar refractivity (Wildman–Crippen MR) is 131 cm³/mol. The van der Waals surface area contributed by atoms with Crippen molar-refractivity contribution < 1.29 is 4.79 Å². The highest BCUT2D eigenvalue weighted by Gasteiger charge is 2.38. The van der Waals surface area contributed by atoms with Crippen molar-refractivity contribution in [3.63, 3.8) is 0 Å². The Morgan fingerprint density at radius 2 is 2.06 bits per heavy atom. The first-order valence-corrected chi connectivity index (χ1v) is 12.3. The van der Waals surface area contributed by atoms with E-state index in [9.17, 15) is 9.59 Å². The van der Waals surface area contributed by atoms with Crippen molar-refractivity contribution in [2.24, 2.45) is 0 Å². The molecular weight excluding hydrogens is 428 g/mol. The lowest BCUT2D eigenvalue weighted by Gasteiger charge is -2.21. The Balaban J connectivity index is 1.74. The number of unbranched alkanes of at least 4 members (excludes halogenated alkanes) is 2. The first-order chi connectivity index (χ1) is 15.0. The van der Waals surface area contributed by atoms with Crippen LogP contribution in [0.2, 0.25) is 0 Å². The summed E-state index contributed by atoms with van der Waals surface area (Å²) >= 11 is 6.81. The third-order valence-electron chi connectivity index (χ3n) is 5.95. The van der Waals surface area contributed by atoms with Gasteiger partial charge in [-0.15, -0.1) is 0 Å². The van der Waals surface area contributed by atoms with E-state index in [0.717, 1.165) is 57.1 Å². The quantitative estimate of drug-likeness (QED) is 0.368. The molecule has 0 bridgehead atoms. The van der Waals surface area contributed by atoms with Crippen LogP contribution in [0.25, 0.3) is 11.7 Å². The van der Waals surface area contributed by atoms with E-state index in [1.165, 1.54) is 11.8 Å². The van der Waals surface area contributed by atoms with Gasteiger partial charge in [-0.3, -0.25) is 18.9 Å². The number of fused-ring (bicyclic) bond motifs is 1. The Labute approximate surface area is 192 Å². The van der Waals surface area contributed by atoms with Crippen molar-refractivity contribution >= 4 is 51.7 Å². The number of hydrogen-bond donors (Lipinski definition) is 1. The molecular formula is C23H28N4O2S2. The Morgan fingerprint density at radius 3 is 2.81 bits per heavy atom. The number of amides is 1. The molecule has 0 aromatic carbocycles. The van der Waals surface area contributed by atoms with E-state index in [-0.39, 0.29) is 17.5 Å². The average Bonchev–Trinajstić information content (AvgIpc) is 3.36. The number of thioether (sulfide) groups is 1. The van der Waals surface area contributed by atoms with Crippen LogP contribution in [0.3, 0.4) is 0 Å². The molecule has 1 amide bonds. The molecule has 8 heteroatoms. The van der Waals surface area contributed by atoms with E-state index in [1.807, 2.05) is 19.1 Å². The van der Waals surface area contributed by atoms with Crippen LogP contribution < -0.4 is 10.9 Å². The number of aryl methyl sites for hydroxylation is 1. The molecule has 1 aliphatic carbocycles. The lowest BCUT2D eigenvalue weighted by molar-refractivity contribution is -0.123. The third kappa shape index (κ3) is 4.41. The minimum Gasteiger partial charge on any atom is -0.369 e. The van der Waals surface area contributed by atoms with Gasteiger partial charge in [0.05, 0.1) is 10.5 Å². The van der Waals surface area contributed by atoms with Crippen LogP contribution >= 0.6 is 24.0 Å². The van der Waals surface area contributed by atoms with E-state index >= 15 is 0 Å². The van der Waals surface area contributed by atoms with Gasteiger partial charge in [0, 0.05) is 18.8 Å². The van der Waals surface area contributed by atoms with Gasteiger partial charge >= 0.3 is 0 Å². The van der Waals surface area contributed by atoms with Crippen molar-refractivity contribution in [3.8, 4) is 0 Å². The van der Waals surface area contributed by atoms with Crippen molar-refractivity contribution in [2.45, 2.75) is 64.8 Å². The summed E-state index contributed by atoms with van der Waals surface area (Å²) in [6.07, 6.45) is 10.9. The summed E-state index contributed by atoms with van der Waals surface area (Å²) in [6, 6.07) is 3.96. The molecule has 2 fully saturated rings. The molecule has 2 aliphatic rings. The molecule has 1 N–H and O–H groups in total. The zero-order valence-electron chi connectivity index (χ0n) is 18.0. The van der Waals surface area contributed by atoms with Crippen LogP contribution in [0.1, 0.15) is 63.0 Å². The van der Waals surface area contributed by atoms with E-state index < -0.39 is 0 Å². The van der Waals surface area contributed by atoms with Crippen LogP contribution in [0.4, 0.5) is 5.82 Å². The molecule has 2 aromatic heterocycles. The summed E-state index contributed by atoms with van der Waals surface area (Å²) in [6.45, 7) is 4.82. The molecule has 3 heterocycles. The lowest BCUT2D eigenvalue weighted by Crippen LogP contribution is -2.36. The lowest BCUT2D eigenvalue weighted by atomic mass is 10.2. The molecule has 0 spiro atoms. The second-order valence-corrected chi connectivity index (χ2v) is 9.86. The van der Waals surface area contributed by atoms with Gasteiger partial charge in [0.1, 0.15) is 15.8 Å². The van der Waals surface area contributed by atoms with Crippen molar-refractivity contribution in [1.29, 1.82) is 0 Å². The molecule has 1 saturated heterocycles. The van der Waals surface area contributed by atoms with Crippen molar-refractivity contribution in [1.82, 2.24) is 14.3 Å². The van der Waals surface area contributed by atoms with E-state index in [1.54, 1.807) is 21.6 Å². The van der Waals surface area contributed by atoms with E-state index in [4.69, 9.17) is 17.2 Å². The fraction of sp³-hybridized carbons (Fsp3) is 0.478. The second-order valence-electron chi connectivity index (χ2n) is 8.19. The minimum atomic E-state index is -0.183. The Kier molecular flexibility index (Phi) is 6.77. The second kappa shape index (κ2) is 9.53. The third-order valence-corrected chi connectivity index (χ3v) is 7.28. The Hall–Kier alpha value is -2.19. The monoisotopic (exact) mass is 456 g/mol. The molecule has 0 unspecified atom stereocenters. The number of carbonyl (C=O) groups is 1. The van der Waals surface area contributed by atoms with Crippen LogP contribution in [-0.4, -0.2) is 37.1 Å². The molecule has 0 atom stereocenters. The number of pyridine rings is 1. The SMILES string of the molecule is CCCCCNc1nc2c(C)cccn2c(=O)c1/C=C1/SC(=S)N(C2CCCC2)C1=O. The number of rotatable bonds is 7. The largest absolute Gasteiger partial charge is 0.369 e. The molecule has 164 valence electrons. The van der Waals surface area contributed by atoms with E-state index in [2.05, 4.69) is 12.2 Å². The highest BCUT2D eigenvalue weighted by molar-refractivity contribution is 8.26. The molecule has 2 aromatic rings. The van der Waals surface area contributed by atoms with Gasteiger partial charge in [0.15, 0.2) is 0 Å². The molecule has 0 radical (unpaired) electrons. The number of nitrogens with one attached hydrogen (secondary N) is 1. The number of nitrogens with zero attached hydrogens (tertiary/aromatic N) is 3. The van der Waals surface area contributed by atoms with Crippen molar-refractivity contribution in [2.75, 3.05) is 11.9 Å². The number of aromatic nitrogens is 2. The van der Waals surface area contributed by atoms with Gasteiger partial charge in [-0.05, 0) is 43.9 Å². The smallest absolute Gasteiger partial charge is 0.267 e. The average molecular weight is 457 g/mol. The summed E-state index contributed by atoms with van der Waals surface area (Å²) in [4.78, 5) is 33.5. The highest BCUT2D eigenvalue weighted by Crippen LogP contribution is 2.38. The van der Waals surface area contributed by atoms with Gasteiger partial charge in [-0.1, -0.05) is 62.7 Å². The number of carbonyl (C=O) groups excluding carboxylic acids is 1. The van der Waals surface area contributed by atoms with Gasteiger partial charge < -0.3 is 5.32 Å². The number of anilines is 1. The summed E-state index contributed by atoms with van der Waals surface area (Å²) < 4.78 is 2.14. The van der Waals surface area contributed by atoms with E-state index in [0.29, 0.717) is 26.3 Å². The summed E-state index contributed by atoms with van der Waals surface area (Å²) in [7, 11) is 0. The zero-order valence-corrected chi connectivity index (χ0v) is 19.7. The van der Waals surface area contributed by atoms with Gasteiger partial charge in [0.2, 0.25) is 0 Å². The van der Waals surface area contributed by atoms with Crippen LogP contribution in [0.15, 0.2) is 28.0 Å². The summed E-state index contributed by atoms with van der Waals surface area (Å²) in [5.41, 5.74) is 1.78. The van der Waals surface area contributed by atoms with Crippen LogP contribution in [0.5, 0.6) is 0 Å². The molecule has 6 nitrogen and oxygen atoms in total. The maximum Gasteiger partial charge on any atom is 0.267 e. The van der Waals surface area contributed by atoms with Gasteiger partial charge in [-0.25, -0.2) is 4.98 Å². The highest BCUT2D eigenvalue weighted by atomic mass is 32.2. The minimum absolute atomic E-state index is 0.0902. The molecule has 31 heavy (non-hydrogen) atoms. The fourth-order valence-electron chi connectivity index (χ4n) is 4.25. The van der Waals surface area contributed by atoms with Crippen LogP contribution in [-0.2, 0) is 4.79 Å². The predicted octanol–water partition coefficient (Wildman–Crippen LogP) is 4.75. The standard InChI is InChI=1S/C23H28N4O2S2/c1-3-4-7-12-24-19-17(21(28)26-13-8-9-15(2)20(26)25-19)14-18-22(29)27(23(30)31-18)16-10-5-6-11-16/h8-9,13-14,16,24H,3-7,10-12H2,1-2H3/b18-14+. The van der Waals surface area contributed by atoms with Gasteiger partial charge in [0.25, 0.3) is 11.5 Å². The number of hydrogen-bond acceptors (Lipinski definition) is 6. The zero-order chi connectivity index (χ0) is 22.0. The number of thiocarbonyl (C=S) groups is 1. The molecule has 4 rings (SSSR count). The summed E-state index contributed by atoms with van der Waals surface area (Å²) in [5, 5.41) is 3.34. The van der Waals surface area contributed by atoms with Crippen LogP contribution in [0, 0.1) is 6.92 Å². The molecule has 1 saturated carbocycles. The topological polar surface area (TPSA) is 66.7 Å². The maximum atomic E-state index is 13.4. The normalized spacial score (nSPS) is 18.6. The maximum absolute atomic E-state index is 13.4. The van der Waals surface area contributed by atoms with Gasteiger partial charge in [-0.2, -0.15) is 0 Å². The Morgan fingerprint density at radius 1 is 1.29 bits per heavy atom. The molecule has 1 aliphatic heterocycles. The first kappa shape index (κ1) is 22.0. The Bertz CT molecular complexity index is 1100. The van der Waals surface area contributed by atoms with Crippen molar-refractivity contribution in [3.05, 3.63) is 44.7 Å². The summed E-state index contributed by atoms with van der Waals surface area (Å²) in [5.74, 6) is 0.439. The first-order valence-electron chi connectivity index (χ1n) is 11.0.